The van der Waals surface area contributed by atoms with Gasteiger partial charge in [0.2, 0.25) is 0 Å². The zero-order chi connectivity index (χ0) is 30.2. The first-order chi connectivity index (χ1) is 19.3. The van der Waals surface area contributed by atoms with E-state index in [1.807, 2.05) is 0 Å². The second-order valence-corrected chi connectivity index (χ2v) is 11.0. The molecule has 2 aliphatic heterocycles. The third-order valence-electron chi connectivity index (χ3n) is 7.48. The number of rotatable bonds is 7. The van der Waals surface area contributed by atoms with Crippen molar-refractivity contribution in [1.82, 2.24) is 9.80 Å². The molecule has 0 unspecified atom stereocenters. The van der Waals surface area contributed by atoms with Crippen LogP contribution in [0.15, 0.2) is 36.4 Å². The molecule has 0 aromatic heterocycles. The Labute approximate surface area is 247 Å². The van der Waals surface area contributed by atoms with E-state index >= 15 is 0 Å². The highest BCUT2D eigenvalue weighted by atomic mass is 35.5. The first-order valence-corrected chi connectivity index (χ1v) is 14.6. The summed E-state index contributed by atoms with van der Waals surface area (Å²) in [4.78, 5) is 4.70. The fourth-order valence-corrected chi connectivity index (χ4v) is 6.07. The molecule has 0 saturated carbocycles. The molecule has 41 heavy (non-hydrogen) atoms. The minimum atomic E-state index is -4.72. The SMILES string of the molecule is CCCN1CCC(c2cccc(OC(F)(F)F)c2Cl)CC1.CCN1CCC(c2cccc(OC(F)(F)F)c2Cl)CC1. The maximum Gasteiger partial charge on any atom is 0.573 e. The highest BCUT2D eigenvalue weighted by Crippen LogP contribution is 2.40. The lowest BCUT2D eigenvalue weighted by Gasteiger charge is -2.32. The molecule has 230 valence electrons. The van der Waals surface area contributed by atoms with Gasteiger partial charge in [0.25, 0.3) is 0 Å². The second-order valence-electron chi connectivity index (χ2n) is 10.2. The van der Waals surface area contributed by atoms with Crippen molar-refractivity contribution in [3.8, 4) is 11.5 Å². The van der Waals surface area contributed by atoms with Gasteiger partial charge in [0, 0.05) is 0 Å². The van der Waals surface area contributed by atoms with E-state index in [9.17, 15) is 26.3 Å². The summed E-state index contributed by atoms with van der Waals surface area (Å²) in [5.41, 5.74) is 1.51. The van der Waals surface area contributed by atoms with Crippen molar-refractivity contribution in [3.05, 3.63) is 57.6 Å². The standard InChI is InChI=1S/C15H19ClF3NO.C14H17ClF3NO/c1-2-8-20-9-6-11(7-10-20)12-4-3-5-13(14(12)16)21-15(17,18)19;1-2-19-8-6-10(7-9-19)11-4-3-5-12(13(11)15)20-14(16,17)18/h3-5,11H,2,6-10H2,1H3;3-5,10H,2,6-9H2,1H3. The largest absolute Gasteiger partial charge is 0.573 e. The maximum atomic E-state index is 12.3. The van der Waals surface area contributed by atoms with Crippen molar-refractivity contribution >= 4 is 23.2 Å². The number of halogens is 8. The molecule has 2 heterocycles. The Balaban J connectivity index is 0.000000226. The van der Waals surface area contributed by atoms with Gasteiger partial charge in [0.15, 0.2) is 0 Å². The van der Waals surface area contributed by atoms with E-state index < -0.39 is 12.7 Å². The summed E-state index contributed by atoms with van der Waals surface area (Å²) in [6.45, 7) is 10.1. The summed E-state index contributed by atoms with van der Waals surface area (Å²) in [5, 5.41) is 0.170. The summed E-state index contributed by atoms with van der Waals surface area (Å²) in [6, 6.07) is 9.23. The molecule has 0 atom stereocenters. The number of piperidine rings is 2. The van der Waals surface area contributed by atoms with Gasteiger partial charge in [0.1, 0.15) is 11.5 Å². The zero-order valence-corrected chi connectivity index (χ0v) is 24.6. The predicted molar refractivity (Wildman–Crippen MR) is 149 cm³/mol. The number of ether oxygens (including phenoxy) is 2. The number of benzene rings is 2. The van der Waals surface area contributed by atoms with Gasteiger partial charge >= 0.3 is 12.7 Å². The van der Waals surface area contributed by atoms with Crippen LogP contribution in [0.25, 0.3) is 0 Å². The van der Waals surface area contributed by atoms with Crippen LogP contribution in [0.1, 0.15) is 68.9 Å². The normalized spacial score (nSPS) is 18.1. The van der Waals surface area contributed by atoms with Gasteiger partial charge in [-0.25, -0.2) is 0 Å². The van der Waals surface area contributed by atoms with Gasteiger partial charge in [0.05, 0.1) is 10.0 Å². The van der Waals surface area contributed by atoms with Crippen LogP contribution in [0.5, 0.6) is 11.5 Å². The lowest BCUT2D eigenvalue weighted by atomic mass is 9.89. The zero-order valence-electron chi connectivity index (χ0n) is 23.1. The van der Waals surface area contributed by atoms with Crippen molar-refractivity contribution in [2.75, 3.05) is 39.3 Å². The highest BCUT2D eigenvalue weighted by Gasteiger charge is 2.34. The molecule has 0 bridgehead atoms. The van der Waals surface area contributed by atoms with E-state index in [4.69, 9.17) is 23.2 Å². The molecule has 4 nitrogen and oxygen atoms in total. The lowest BCUT2D eigenvalue weighted by molar-refractivity contribution is -0.275. The molecule has 0 aliphatic carbocycles. The molecule has 2 fully saturated rings. The van der Waals surface area contributed by atoms with Crippen molar-refractivity contribution in [2.24, 2.45) is 0 Å². The van der Waals surface area contributed by atoms with Gasteiger partial charge in [-0.3, -0.25) is 0 Å². The highest BCUT2D eigenvalue weighted by molar-refractivity contribution is 6.33. The summed E-state index contributed by atoms with van der Waals surface area (Å²) in [6.07, 6.45) is -4.68. The van der Waals surface area contributed by atoms with E-state index in [0.717, 1.165) is 82.5 Å². The quantitative estimate of drug-likeness (QED) is 0.285. The van der Waals surface area contributed by atoms with Crippen LogP contribution in [0, 0.1) is 0 Å². The molecular formula is C29H36Cl2F6N2O2. The van der Waals surface area contributed by atoms with Crippen LogP contribution >= 0.6 is 23.2 Å². The van der Waals surface area contributed by atoms with E-state index in [2.05, 4.69) is 33.1 Å². The first kappa shape index (κ1) is 33.6. The summed E-state index contributed by atoms with van der Waals surface area (Å²) in [7, 11) is 0. The number of alkyl halides is 6. The van der Waals surface area contributed by atoms with Crippen LogP contribution in [0.4, 0.5) is 26.3 Å². The van der Waals surface area contributed by atoms with Crippen molar-refractivity contribution < 1.29 is 35.8 Å². The van der Waals surface area contributed by atoms with Crippen molar-refractivity contribution in [2.45, 2.75) is 70.5 Å². The molecule has 2 aliphatic rings. The molecule has 2 aromatic carbocycles. The van der Waals surface area contributed by atoms with Crippen LogP contribution in [-0.4, -0.2) is 61.8 Å². The second kappa shape index (κ2) is 15.0. The molecule has 0 N–H and O–H groups in total. The number of hydrogen-bond acceptors (Lipinski definition) is 4. The fraction of sp³-hybridized carbons (Fsp3) is 0.586. The van der Waals surface area contributed by atoms with Crippen molar-refractivity contribution in [3.63, 3.8) is 0 Å². The van der Waals surface area contributed by atoms with Crippen LogP contribution < -0.4 is 9.47 Å². The Hall–Kier alpha value is -1.88. The molecule has 2 aromatic rings. The Bertz CT molecular complexity index is 1100. The van der Waals surface area contributed by atoms with Crippen LogP contribution in [-0.2, 0) is 0 Å². The Morgan fingerprint density at radius 2 is 1.07 bits per heavy atom. The molecule has 0 radical (unpaired) electrons. The lowest BCUT2D eigenvalue weighted by Crippen LogP contribution is -2.33. The predicted octanol–water partition coefficient (Wildman–Crippen LogP) is 9.27. The van der Waals surface area contributed by atoms with E-state index in [1.165, 1.54) is 12.1 Å². The average molecular weight is 630 g/mol. The third kappa shape index (κ3) is 10.4. The number of nitrogens with zero attached hydrogens (tertiary/aromatic N) is 2. The van der Waals surface area contributed by atoms with Crippen LogP contribution in [0.3, 0.4) is 0 Å². The summed E-state index contributed by atoms with van der Waals surface area (Å²) < 4.78 is 81.9. The summed E-state index contributed by atoms with van der Waals surface area (Å²) >= 11 is 12.2. The Morgan fingerprint density at radius 3 is 1.41 bits per heavy atom. The van der Waals surface area contributed by atoms with Gasteiger partial charge in [-0.2, -0.15) is 0 Å². The fourth-order valence-electron chi connectivity index (χ4n) is 5.44. The monoisotopic (exact) mass is 628 g/mol. The Kier molecular flexibility index (Phi) is 12.3. The molecule has 0 spiro atoms. The smallest absolute Gasteiger partial charge is 0.404 e. The Morgan fingerprint density at radius 1 is 0.683 bits per heavy atom. The van der Waals surface area contributed by atoms with Crippen molar-refractivity contribution in [1.29, 1.82) is 0 Å². The summed E-state index contributed by atoms with van der Waals surface area (Å²) in [5.74, 6) is -0.225. The topological polar surface area (TPSA) is 24.9 Å². The molecular weight excluding hydrogens is 593 g/mol. The van der Waals surface area contributed by atoms with Gasteiger partial charge in [-0.1, -0.05) is 61.3 Å². The van der Waals surface area contributed by atoms with E-state index in [0.29, 0.717) is 0 Å². The maximum absolute atomic E-state index is 12.3. The minimum absolute atomic E-state index is 0.0831. The number of hydrogen-bond donors (Lipinski definition) is 0. The molecule has 12 heteroatoms. The molecule has 4 rings (SSSR count). The van der Waals surface area contributed by atoms with E-state index in [-0.39, 0.29) is 33.4 Å². The average Bonchev–Trinajstić information content (AvgIpc) is 2.91. The van der Waals surface area contributed by atoms with Crippen LogP contribution in [0.2, 0.25) is 10.0 Å². The van der Waals surface area contributed by atoms with Gasteiger partial charge in [-0.05, 0) is 106 Å². The molecule has 2 saturated heterocycles. The van der Waals surface area contributed by atoms with Gasteiger partial charge in [-0.15, -0.1) is 26.3 Å². The van der Waals surface area contributed by atoms with E-state index in [1.54, 1.807) is 24.3 Å². The number of likely N-dealkylation sites (tertiary alicyclic amines) is 2. The molecule has 0 amide bonds. The third-order valence-corrected chi connectivity index (χ3v) is 8.29. The minimum Gasteiger partial charge on any atom is -0.404 e. The van der Waals surface area contributed by atoms with Gasteiger partial charge < -0.3 is 19.3 Å². The first-order valence-electron chi connectivity index (χ1n) is 13.8.